The van der Waals surface area contributed by atoms with Crippen molar-refractivity contribution in [2.75, 3.05) is 17.2 Å². The monoisotopic (exact) mass is 279 g/mol. The van der Waals surface area contributed by atoms with Gasteiger partial charge in [-0.25, -0.2) is 4.98 Å². The minimum absolute atomic E-state index is 0.295. The van der Waals surface area contributed by atoms with E-state index in [1.165, 1.54) is 0 Å². The first-order chi connectivity index (χ1) is 10.3. The maximum absolute atomic E-state index is 5.85. The van der Waals surface area contributed by atoms with Crippen LogP contribution in [0.1, 0.15) is 12.6 Å². The third kappa shape index (κ3) is 2.76. The lowest BCUT2D eigenvalue weighted by Gasteiger charge is -2.23. The molecule has 0 aliphatic carbocycles. The Kier molecular flexibility index (Phi) is 3.64. The van der Waals surface area contributed by atoms with E-state index < -0.39 is 0 Å². The van der Waals surface area contributed by atoms with Gasteiger partial charge in [0.1, 0.15) is 5.82 Å². The van der Waals surface area contributed by atoms with Crippen LogP contribution in [0.15, 0.2) is 48.7 Å². The van der Waals surface area contributed by atoms with Crippen molar-refractivity contribution in [2.45, 2.75) is 13.5 Å². The summed E-state index contributed by atoms with van der Waals surface area (Å²) in [6, 6.07) is 13.8. The molecule has 2 heterocycles. The molecule has 2 N–H and O–H groups in total. The number of nitrogens with zero attached hydrogens (tertiary/aromatic N) is 4. The second-order valence-corrected chi connectivity index (χ2v) is 4.76. The summed E-state index contributed by atoms with van der Waals surface area (Å²) in [5.74, 6) is 1.15. The molecule has 2 aromatic heterocycles. The highest BCUT2D eigenvalue weighted by Crippen LogP contribution is 2.25. The van der Waals surface area contributed by atoms with Gasteiger partial charge in [0.2, 0.25) is 5.95 Å². The van der Waals surface area contributed by atoms with Crippen molar-refractivity contribution in [2.24, 2.45) is 0 Å². The van der Waals surface area contributed by atoms with Gasteiger partial charge in [0, 0.05) is 18.1 Å². The summed E-state index contributed by atoms with van der Waals surface area (Å²) >= 11 is 0. The number of benzene rings is 1. The predicted octanol–water partition coefficient (Wildman–Crippen LogP) is 2.63. The Morgan fingerprint density at radius 3 is 2.62 bits per heavy atom. The van der Waals surface area contributed by atoms with Crippen LogP contribution in [0, 0.1) is 0 Å². The Morgan fingerprint density at radius 2 is 1.86 bits per heavy atom. The lowest BCUT2D eigenvalue weighted by atomic mass is 10.2. The first kappa shape index (κ1) is 13.3. The van der Waals surface area contributed by atoms with Gasteiger partial charge in [-0.1, -0.05) is 18.2 Å². The third-order valence-electron chi connectivity index (χ3n) is 3.36. The van der Waals surface area contributed by atoms with E-state index in [0.717, 1.165) is 29.0 Å². The largest absolute Gasteiger partial charge is 0.368 e. The molecule has 5 nitrogen and oxygen atoms in total. The Balaban J connectivity index is 2.04. The molecule has 0 saturated heterocycles. The molecule has 5 heteroatoms. The molecule has 3 aromatic rings. The van der Waals surface area contributed by atoms with E-state index in [9.17, 15) is 0 Å². The highest BCUT2D eigenvalue weighted by Gasteiger charge is 2.13. The molecular weight excluding hydrogens is 262 g/mol. The summed E-state index contributed by atoms with van der Waals surface area (Å²) in [6.45, 7) is 3.60. The number of para-hydroxylation sites is 1. The van der Waals surface area contributed by atoms with E-state index >= 15 is 0 Å². The molecule has 0 aliphatic rings. The van der Waals surface area contributed by atoms with Crippen LogP contribution in [0.25, 0.3) is 10.9 Å². The lowest BCUT2D eigenvalue weighted by molar-refractivity contribution is 0.797. The maximum Gasteiger partial charge on any atom is 0.222 e. The Labute approximate surface area is 123 Å². The molecule has 1 aromatic carbocycles. The first-order valence-corrected chi connectivity index (χ1v) is 6.95. The van der Waals surface area contributed by atoms with Crippen LogP contribution in [0.4, 0.5) is 11.8 Å². The van der Waals surface area contributed by atoms with Gasteiger partial charge < -0.3 is 10.6 Å². The standard InChI is InChI=1S/C16H17N5/c1-2-21(11-12-7-5-6-10-18-12)15-13-8-3-4-9-14(13)19-16(17)20-15/h3-10H,2,11H2,1H3,(H2,17,19,20). The van der Waals surface area contributed by atoms with Gasteiger partial charge in [-0.15, -0.1) is 0 Å². The number of rotatable bonds is 4. The van der Waals surface area contributed by atoms with Crippen LogP contribution in [-0.2, 0) is 6.54 Å². The van der Waals surface area contributed by atoms with Gasteiger partial charge in [-0.3, -0.25) is 4.98 Å². The van der Waals surface area contributed by atoms with E-state index in [4.69, 9.17) is 5.73 Å². The van der Waals surface area contributed by atoms with E-state index in [0.29, 0.717) is 12.5 Å². The van der Waals surface area contributed by atoms with Gasteiger partial charge in [0.05, 0.1) is 17.8 Å². The molecule has 0 radical (unpaired) electrons. The highest BCUT2D eigenvalue weighted by molar-refractivity contribution is 5.90. The van der Waals surface area contributed by atoms with Gasteiger partial charge in [-0.05, 0) is 31.2 Å². The van der Waals surface area contributed by atoms with Crippen molar-refractivity contribution in [3.63, 3.8) is 0 Å². The highest BCUT2D eigenvalue weighted by atomic mass is 15.2. The van der Waals surface area contributed by atoms with Gasteiger partial charge in [0.25, 0.3) is 0 Å². The minimum atomic E-state index is 0.295. The molecular formula is C16H17N5. The number of pyridine rings is 1. The number of nitrogen functional groups attached to an aromatic ring is 1. The number of fused-ring (bicyclic) bond motifs is 1. The molecule has 0 saturated carbocycles. The number of aromatic nitrogens is 3. The zero-order valence-corrected chi connectivity index (χ0v) is 11.9. The van der Waals surface area contributed by atoms with Gasteiger partial charge in [0.15, 0.2) is 0 Å². The molecule has 21 heavy (non-hydrogen) atoms. The zero-order chi connectivity index (χ0) is 14.7. The number of hydrogen-bond donors (Lipinski definition) is 1. The van der Waals surface area contributed by atoms with E-state index in [1.807, 2.05) is 42.5 Å². The van der Waals surface area contributed by atoms with Crippen molar-refractivity contribution in [1.82, 2.24) is 15.0 Å². The maximum atomic E-state index is 5.85. The summed E-state index contributed by atoms with van der Waals surface area (Å²) in [5.41, 5.74) is 7.71. The molecule has 0 fully saturated rings. The van der Waals surface area contributed by atoms with Gasteiger partial charge in [-0.2, -0.15) is 4.98 Å². The van der Waals surface area contributed by atoms with E-state index in [1.54, 1.807) is 6.20 Å². The molecule has 0 aliphatic heterocycles. The Morgan fingerprint density at radius 1 is 1.05 bits per heavy atom. The van der Waals surface area contributed by atoms with Crippen LogP contribution in [0.3, 0.4) is 0 Å². The average Bonchev–Trinajstić information content (AvgIpc) is 2.53. The summed E-state index contributed by atoms with van der Waals surface area (Å²) in [4.78, 5) is 15.3. The van der Waals surface area contributed by atoms with Crippen LogP contribution in [0.2, 0.25) is 0 Å². The van der Waals surface area contributed by atoms with Gasteiger partial charge >= 0.3 is 0 Å². The summed E-state index contributed by atoms with van der Waals surface area (Å²) in [5, 5.41) is 1.00. The van der Waals surface area contributed by atoms with Crippen LogP contribution < -0.4 is 10.6 Å². The van der Waals surface area contributed by atoms with E-state index in [2.05, 4.69) is 26.8 Å². The SMILES string of the molecule is CCN(Cc1ccccn1)c1nc(N)nc2ccccc12. The Bertz CT molecular complexity index is 742. The van der Waals surface area contributed by atoms with Crippen molar-refractivity contribution >= 4 is 22.7 Å². The number of hydrogen-bond acceptors (Lipinski definition) is 5. The van der Waals surface area contributed by atoms with Crippen LogP contribution in [-0.4, -0.2) is 21.5 Å². The topological polar surface area (TPSA) is 67.9 Å². The quantitative estimate of drug-likeness (QED) is 0.795. The number of anilines is 2. The number of nitrogens with two attached hydrogens (primary N) is 1. The second-order valence-electron chi connectivity index (χ2n) is 4.76. The zero-order valence-electron chi connectivity index (χ0n) is 11.9. The minimum Gasteiger partial charge on any atom is -0.368 e. The van der Waals surface area contributed by atoms with Crippen LogP contribution >= 0.6 is 0 Å². The lowest BCUT2D eigenvalue weighted by Crippen LogP contribution is -2.24. The fourth-order valence-electron chi connectivity index (χ4n) is 2.34. The normalized spacial score (nSPS) is 10.7. The smallest absolute Gasteiger partial charge is 0.222 e. The molecule has 0 spiro atoms. The third-order valence-corrected chi connectivity index (χ3v) is 3.36. The fourth-order valence-corrected chi connectivity index (χ4v) is 2.34. The molecule has 0 atom stereocenters. The second kappa shape index (κ2) is 5.75. The fraction of sp³-hybridized carbons (Fsp3) is 0.188. The summed E-state index contributed by atoms with van der Waals surface area (Å²) in [6.07, 6.45) is 1.80. The van der Waals surface area contributed by atoms with Crippen LogP contribution in [0.5, 0.6) is 0 Å². The van der Waals surface area contributed by atoms with Crippen molar-refractivity contribution in [3.05, 3.63) is 54.4 Å². The Hall–Kier alpha value is -2.69. The van der Waals surface area contributed by atoms with Crippen molar-refractivity contribution < 1.29 is 0 Å². The molecule has 0 amide bonds. The predicted molar refractivity (Wildman–Crippen MR) is 84.9 cm³/mol. The molecule has 0 bridgehead atoms. The average molecular weight is 279 g/mol. The van der Waals surface area contributed by atoms with E-state index in [-0.39, 0.29) is 0 Å². The molecule has 3 rings (SSSR count). The molecule has 106 valence electrons. The first-order valence-electron chi connectivity index (χ1n) is 6.95. The summed E-state index contributed by atoms with van der Waals surface area (Å²) in [7, 11) is 0. The van der Waals surface area contributed by atoms with Crippen molar-refractivity contribution in [1.29, 1.82) is 0 Å². The summed E-state index contributed by atoms with van der Waals surface area (Å²) < 4.78 is 0. The molecule has 0 unspecified atom stereocenters. The van der Waals surface area contributed by atoms with Crippen molar-refractivity contribution in [3.8, 4) is 0 Å².